The van der Waals surface area contributed by atoms with Gasteiger partial charge in [-0.25, -0.2) is 0 Å². The predicted molar refractivity (Wildman–Crippen MR) is 65.6 cm³/mol. The van der Waals surface area contributed by atoms with Crippen LogP contribution in [0.1, 0.15) is 19.8 Å². The highest BCUT2D eigenvalue weighted by atomic mass is 16.5. The van der Waals surface area contributed by atoms with E-state index >= 15 is 0 Å². The second-order valence-electron chi connectivity index (χ2n) is 4.80. The van der Waals surface area contributed by atoms with Gasteiger partial charge in [0.25, 0.3) is 0 Å². The van der Waals surface area contributed by atoms with Crippen LogP contribution in [0, 0.1) is 5.92 Å². The highest BCUT2D eigenvalue weighted by molar-refractivity contribution is 4.81. The summed E-state index contributed by atoms with van der Waals surface area (Å²) in [6.45, 7) is 6.99. The third kappa shape index (κ3) is 6.43. The van der Waals surface area contributed by atoms with Crippen molar-refractivity contribution in [3.8, 4) is 0 Å². The Hall–Kier alpha value is -0.160. The smallest absolute Gasteiger partial charge is 0.0589 e. The van der Waals surface area contributed by atoms with Crippen LogP contribution in [-0.2, 0) is 4.74 Å². The van der Waals surface area contributed by atoms with Gasteiger partial charge in [0.1, 0.15) is 0 Å². The average molecular weight is 230 g/mol. The highest BCUT2D eigenvalue weighted by Crippen LogP contribution is 2.18. The monoisotopic (exact) mass is 230 g/mol. The molecule has 0 aromatic rings. The number of methoxy groups -OCH3 is 1. The van der Waals surface area contributed by atoms with Gasteiger partial charge in [0.15, 0.2) is 0 Å². The molecule has 0 heterocycles. The Bertz CT molecular complexity index is 174. The van der Waals surface area contributed by atoms with E-state index < -0.39 is 0 Å². The molecule has 0 radical (unpaired) electrons. The van der Waals surface area contributed by atoms with Crippen molar-refractivity contribution in [3.63, 3.8) is 0 Å². The highest BCUT2D eigenvalue weighted by Gasteiger charge is 2.21. The zero-order valence-corrected chi connectivity index (χ0v) is 10.6. The lowest BCUT2D eigenvalue weighted by molar-refractivity contribution is 0.121. The molecule has 0 amide bonds. The van der Waals surface area contributed by atoms with Crippen LogP contribution in [0.15, 0.2) is 0 Å². The largest absolute Gasteiger partial charge is 0.395 e. The summed E-state index contributed by atoms with van der Waals surface area (Å²) in [6, 6.07) is 0.785. The summed E-state index contributed by atoms with van der Waals surface area (Å²) >= 11 is 0. The topological polar surface area (TPSA) is 44.7 Å². The molecule has 16 heavy (non-hydrogen) atoms. The number of ether oxygens (including phenoxy) is 1. The van der Waals surface area contributed by atoms with E-state index in [9.17, 15) is 0 Å². The van der Waals surface area contributed by atoms with Crippen LogP contribution >= 0.6 is 0 Å². The lowest BCUT2D eigenvalue weighted by Crippen LogP contribution is -2.37. The molecule has 0 saturated heterocycles. The van der Waals surface area contributed by atoms with E-state index in [0.29, 0.717) is 5.92 Å². The molecular weight excluding hydrogens is 204 g/mol. The number of aliphatic hydroxyl groups is 1. The van der Waals surface area contributed by atoms with E-state index in [2.05, 4.69) is 17.1 Å². The fourth-order valence-corrected chi connectivity index (χ4v) is 1.82. The maximum atomic E-state index is 8.98. The molecule has 4 heteroatoms. The minimum absolute atomic E-state index is 0.229. The average Bonchev–Trinajstić information content (AvgIpc) is 3.07. The van der Waals surface area contributed by atoms with Crippen LogP contribution in [0.4, 0.5) is 0 Å². The number of hydrogen-bond acceptors (Lipinski definition) is 4. The van der Waals surface area contributed by atoms with Crippen LogP contribution in [0.25, 0.3) is 0 Å². The molecule has 0 spiro atoms. The number of nitrogens with zero attached hydrogens (tertiary/aromatic N) is 1. The molecule has 96 valence electrons. The first-order chi connectivity index (χ1) is 7.76. The van der Waals surface area contributed by atoms with Gasteiger partial charge in [-0.2, -0.15) is 0 Å². The van der Waals surface area contributed by atoms with Gasteiger partial charge in [0.2, 0.25) is 0 Å². The van der Waals surface area contributed by atoms with Crippen LogP contribution in [-0.4, -0.2) is 62.6 Å². The van der Waals surface area contributed by atoms with Gasteiger partial charge in [0, 0.05) is 32.8 Å². The SMILES string of the molecule is COCCN(CCO)CC(C)CNC1CC1. The summed E-state index contributed by atoms with van der Waals surface area (Å²) in [5, 5.41) is 12.5. The van der Waals surface area contributed by atoms with Crippen molar-refractivity contribution in [2.24, 2.45) is 5.92 Å². The summed E-state index contributed by atoms with van der Waals surface area (Å²) in [5.41, 5.74) is 0. The number of nitrogens with one attached hydrogen (secondary N) is 1. The van der Waals surface area contributed by atoms with Gasteiger partial charge in [0.05, 0.1) is 13.2 Å². The van der Waals surface area contributed by atoms with Crippen LogP contribution in [0.2, 0.25) is 0 Å². The van der Waals surface area contributed by atoms with Crippen molar-refractivity contribution in [2.75, 3.05) is 46.5 Å². The van der Waals surface area contributed by atoms with E-state index in [0.717, 1.165) is 38.8 Å². The van der Waals surface area contributed by atoms with E-state index in [-0.39, 0.29) is 6.61 Å². The summed E-state index contributed by atoms with van der Waals surface area (Å²) in [4.78, 5) is 2.27. The van der Waals surface area contributed by atoms with Gasteiger partial charge >= 0.3 is 0 Å². The second kappa shape index (κ2) is 8.01. The van der Waals surface area contributed by atoms with Crippen molar-refractivity contribution < 1.29 is 9.84 Å². The molecule has 0 aliphatic heterocycles. The molecule has 1 aliphatic rings. The Balaban J connectivity index is 2.11. The van der Waals surface area contributed by atoms with Gasteiger partial charge in [-0.05, 0) is 25.3 Å². The molecule has 1 unspecified atom stereocenters. The molecule has 1 aliphatic carbocycles. The number of aliphatic hydroxyl groups excluding tert-OH is 1. The second-order valence-corrected chi connectivity index (χ2v) is 4.80. The first-order valence-corrected chi connectivity index (χ1v) is 6.31. The third-order valence-electron chi connectivity index (χ3n) is 2.93. The van der Waals surface area contributed by atoms with Crippen LogP contribution < -0.4 is 5.32 Å². The molecule has 1 rings (SSSR count). The molecule has 1 saturated carbocycles. The Morgan fingerprint density at radius 2 is 2.19 bits per heavy atom. The first kappa shape index (κ1) is 13.9. The first-order valence-electron chi connectivity index (χ1n) is 6.31. The summed E-state index contributed by atoms with van der Waals surface area (Å²) in [5.74, 6) is 0.629. The van der Waals surface area contributed by atoms with Crippen LogP contribution in [0.3, 0.4) is 0 Å². The van der Waals surface area contributed by atoms with E-state index in [1.807, 2.05) is 0 Å². The molecule has 1 fully saturated rings. The van der Waals surface area contributed by atoms with E-state index in [1.54, 1.807) is 7.11 Å². The van der Waals surface area contributed by atoms with Crippen molar-refractivity contribution in [1.82, 2.24) is 10.2 Å². The maximum Gasteiger partial charge on any atom is 0.0589 e. The fraction of sp³-hybridized carbons (Fsp3) is 1.00. The number of hydrogen-bond donors (Lipinski definition) is 2. The molecule has 1 atom stereocenters. The van der Waals surface area contributed by atoms with Crippen molar-refractivity contribution in [3.05, 3.63) is 0 Å². The fourth-order valence-electron chi connectivity index (χ4n) is 1.82. The third-order valence-corrected chi connectivity index (χ3v) is 2.93. The Morgan fingerprint density at radius 1 is 1.44 bits per heavy atom. The summed E-state index contributed by atoms with van der Waals surface area (Å²) in [6.07, 6.45) is 2.69. The molecule has 0 bridgehead atoms. The molecule has 0 aromatic carbocycles. The minimum atomic E-state index is 0.229. The molecule has 4 nitrogen and oxygen atoms in total. The number of rotatable bonds is 10. The van der Waals surface area contributed by atoms with Crippen molar-refractivity contribution in [2.45, 2.75) is 25.8 Å². The Morgan fingerprint density at radius 3 is 2.75 bits per heavy atom. The lowest BCUT2D eigenvalue weighted by Gasteiger charge is -2.24. The summed E-state index contributed by atoms with van der Waals surface area (Å²) < 4.78 is 5.07. The quantitative estimate of drug-likeness (QED) is 0.567. The molecular formula is C12H26N2O2. The lowest BCUT2D eigenvalue weighted by atomic mass is 10.1. The Kier molecular flexibility index (Phi) is 6.96. The van der Waals surface area contributed by atoms with Gasteiger partial charge in [-0.1, -0.05) is 6.92 Å². The van der Waals surface area contributed by atoms with E-state index in [4.69, 9.17) is 9.84 Å². The zero-order valence-electron chi connectivity index (χ0n) is 10.6. The predicted octanol–water partition coefficient (Wildman–Crippen LogP) is 0.315. The minimum Gasteiger partial charge on any atom is -0.395 e. The van der Waals surface area contributed by atoms with Gasteiger partial charge < -0.3 is 15.2 Å². The van der Waals surface area contributed by atoms with Gasteiger partial charge in [-0.15, -0.1) is 0 Å². The van der Waals surface area contributed by atoms with Crippen molar-refractivity contribution in [1.29, 1.82) is 0 Å². The molecule has 2 N–H and O–H groups in total. The van der Waals surface area contributed by atoms with Crippen LogP contribution in [0.5, 0.6) is 0 Å². The summed E-state index contributed by atoms with van der Waals surface area (Å²) in [7, 11) is 1.72. The maximum absolute atomic E-state index is 8.98. The van der Waals surface area contributed by atoms with Crippen molar-refractivity contribution >= 4 is 0 Å². The van der Waals surface area contributed by atoms with E-state index in [1.165, 1.54) is 12.8 Å². The molecule has 0 aromatic heterocycles. The normalized spacial score (nSPS) is 18.0. The standard InChI is InChI=1S/C12H26N2O2/c1-11(9-13-12-3-4-12)10-14(5-7-15)6-8-16-2/h11-13,15H,3-10H2,1-2H3. The zero-order chi connectivity index (χ0) is 11.8. The Labute approximate surface area is 99.0 Å². The van der Waals surface area contributed by atoms with Gasteiger partial charge in [-0.3, -0.25) is 4.90 Å².